The van der Waals surface area contributed by atoms with Crippen molar-refractivity contribution in [3.05, 3.63) is 29.8 Å². The van der Waals surface area contributed by atoms with E-state index in [4.69, 9.17) is 5.73 Å². The molecule has 0 aliphatic heterocycles. The minimum Gasteiger partial charge on any atom is -0.369 e. The van der Waals surface area contributed by atoms with E-state index in [-0.39, 0.29) is 0 Å². The molecule has 0 radical (unpaired) electrons. The number of amides is 1. The first kappa shape index (κ1) is 10.1. The molecule has 0 aliphatic carbocycles. The lowest BCUT2D eigenvalue weighted by molar-refractivity contribution is -0.117. The zero-order chi connectivity index (χ0) is 9.84. The molecule has 1 atom stereocenters. The van der Waals surface area contributed by atoms with Gasteiger partial charge in [0.15, 0.2) is 0 Å². The third-order valence-corrected chi connectivity index (χ3v) is 2.26. The van der Waals surface area contributed by atoms with Crippen LogP contribution >= 0.6 is 15.9 Å². The highest BCUT2D eigenvalue weighted by Gasteiger charge is 2.11. The SMILES string of the molecule is NC(=O)C(Br)Cc1cncc(F)c1. The fourth-order valence-corrected chi connectivity index (χ4v) is 1.25. The fourth-order valence-electron chi connectivity index (χ4n) is 0.875. The van der Waals surface area contributed by atoms with Crippen molar-refractivity contribution in [1.29, 1.82) is 0 Å². The number of alkyl halides is 1. The first-order valence-electron chi connectivity index (χ1n) is 3.62. The average Bonchev–Trinajstić information content (AvgIpc) is 2.04. The summed E-state index contributed by atoms with van der Waals surface area (Å²) in [6.07, 6.45) is 2.96. The van der Waals surface area contributed by atoms with Gasteiger partial charge in [0.05, 0.1) is 11.0 Å². The maximum absolute atomic E-state index is 12.6. The Kier molecular flexibility index (Phi) is 3.36. The molecule has 0 aliphatic rings. The summed E-state index contributed by atoms with van der Waals surface area (Å²) in [5.41, 5.74) is 5.66. The van der Waals surface area contributed by atoms with E-state index < -0.39 is 16.6 Å². The Labute approximate surface area is 83.3 Å². The molecular formula is C8H8BrFN2O. The molecule has 3 nitrogen and oxygen atoms in total. The molecule has 1 aromatic rings. The molecule has 0 bridgehead atoms. The summed E-state index contributed by atoms with van der Waals surface area (Å²) in [4.78, 5) is 13.8. The zero-order valence-corrected chi connectivity index (χ0v) is 8.29. The number of primary amides is 1. The van der Waals surface area contributed by atoms with Crippen molar-refractivity contribution in [2.75, 3.05) is 0 Å². The summed E-state index contributed by atoms with van der Waals surface area (Å²) >= 11 is 3.08. The van der Waals surface area contributed by atoms with Gasteiger partial charge in [0, 0.05) is 6.20 Å². The highest BCUT2D eigenvalue weighted by molar-refractivity contribution is 9.10. The van der Waals surface area contributed by atoms with E-state index in [9.17, 15) is 9.18 Å². The Morgan fingerprint density at radius 1 is 1.69 bits per heavy atom. The number of carbonyl (C=O) groups excluding carboxylic acids is 1. The number of rotatable bonds is 3. The van der Waals surface area contributed by atoms with E-state index in [2.05, 4.69) is 20.9 Å². The number of nitrogens with two attached hydrogens (primary N) is 1. The Morgan fingerprint density at radius 2 is 2.38 bits per heavy atom. The van der Waals surface area contributed by atoms with Gasteiger partial charge in [-0.3, -0.25) is 9.78 Å². The zero-order valence-electron chi connectivity index (χ0n) is 6.71. The van der Waals surface area contributed by atoms with Gasteiger partial charge in [-0.05, 0) is 18.1 Å². The summed E-state index contributed by atoms with van der Waals surface area (Å²) in [5.74, 6) is -0.883. The Hall–Kier alpha value is -0.970. The van der Waals surface area contributed by atoms with Crippen molar-refractivity contribution in [3.63, 3.8) is 0 Å². The highest BCUT2D eigenvalue weighted by Crippen LogP contribution is 2.09. The number of hydrogen-bond donors (Lipinski definition) is 1. The molecule has 1 heterocycles. The quantitative estimate of drug-likeness (QED) is 0.810. The van der Waals surface area contributed by atoms with Crippen LogP contribution in [0.4, 0.5) is 4.39 Å². The van der Waals surface area contributed by atoms with Crippen molar-refractivity contribution >= 4 is 21.8 Å². The molecule has 70 valence electrons. The van der Waals surface area contributed by atoms with Gasteiger partial charge in [-0.1, -0.05) is 15.9 Å². The van der Waals surface area contributed by atoms with Crippen LogP contribution in [0.1, 0.15) is 5.56 Å². The molecule has 13 heavy (non-hydrogen) atoms. The van der Waals surface area contributed by atoms with Gasteiger partial charge < -0.3 is 5.73 Å². The molecule has 0 fully saturated rings. The normalized spacial score (nSPS) is 12.5. The summed E-state index contributed by atoms with van der Waals surface area (Å²) < 4.78 is 12.6. The van der Waals surface area contributed by atoms with Gasteiger partial charge in [0.2, 0.25) is 5.91 Å². The first-order valence-corrected chi connectivity index (χ1v) is 4.54. The largest absolute Gasteiger partial charge is 0.369 e. The molecule has 1 amide bonds. The Morgan fingerprint density at radius 3 is 2.92 bits per heavy atom. The van der Waals surface area contributed by atoms with Gasteiger partial charge >= 0.3 is 0 Å². The van der Waals surface area contributed by atoms with E-state index in [0.717, 1.165) is 6.20 Å². The average molecular weight is 247 g/mol. The molecule has 2 N–H and O–H groups in total. The predicted octanol–water partition coefficient (Wildman–Crippen LogP) is 1.01. The van der Waals surface area contributed by atoms with Crippen LogP contribution in [0.3, 0.4) is 0 Å². The first-order chi connectivity index (χ1) is 6.09. The third-order valence-electron chi connectivity index (χ3n) is 1.49. The van der Waals surface area contributed by atoms with Gasteiger partial charge in [-0.15, -0.1) is 0 Å². The van der Waals surface area contributed by atoms with Crippen LogP contribution in [-0.4, -0.2) is 15.7 Å². The van der Waals surface area contributed by atoms with Crippen LogP contribution in [0.15, 0.2) is 18.5 Å². The monoisotopic (exact) mass is 246 g/mol. The molecule has 0 saturated carbocycles. The molecule has 1 unspecified atom stereocenters. The lowest BCUT2D eigenvalue weighted by Crippen LogP contribution is -2.25. The molecule has 1 aromatic heterocycles. The van der Waals surface area contributed by atoms with E-state index in [1.165, 1.54) is 12.3 Å². The van der Waals surface area contributed by atoms with Crippen LogP contribution in [0, 0.1) is 5.82 Å². The lowest BCUT2D eigenvalue weighted by Gasteiger charge is -2.04. The van der Waals surface area contributed by atoms with E-state index >= 15 is 0 Å². The van der Waals surface area contributed by atoms with Gasteiger partial charge in [-0.25, -0.2) is 4.39 Å². The van der Waals surface area contributed by atoms with Gasteiger partial charge in [0.1, 0.15) is 5.82 Å². The molecule has 1 rings (SSSR count). The summed E-state index contributed by atoms with van der Waals surface area (Å²) in [6.45, 7) is 0. The smallest absolute Gasteiger partial charge is 0.231 e. The standard InChI is InChI=1S/C8H8BrFN2O/c9-7(8(11)13)2-5-1-6(10)4-12-3-5/h1,3-4,7H,2H2,(H2,11,13). The molecule has 0 spiro atoms. The van der Waals surface area contributed by atoms with Crippen LogP contribution in [-0.2, 0) is 11.2 Å². The molecular weight excluding hydrogens is 239 g/mol. The van der Waals surface area contributed by atoms with Crippen molar-refractivity contribution in [3.8, 4) is 0 Å². The third kappa shape index (κ3) is 3.10. The number of pyridine rings is 1. The van der Waals surface area contributed by atoms with Crippen molar-refractivity contribution in [2.45, 2.75) is 11.2 Å². The summed E-state index contributed by atoms with van der Waals surface area (Å²) in [6, 6.07) is 1.32. The van der Waals surface area contributed by atoms with Gasteiger partial charge in [0.25, 0.3) is 0 Å². The van der Waals surface area contributed by atoms with E-state index in [1.54, 1.807) is 0 Å². The number of halogens is 2. The summed E-state index contributed by atoms with van der Waals surface area (Å²) in [5, 5.41) is 0. The summed E-state index contributed by atoms with van der Waals surface area (Å²) in [7, 11) is 0. The van der Waals surface area contributed by atoms with Crippen molar-refractivity contribution < 1.29 is 9.18 Å². The maximum atomic E-state index is 12.6. The maximum Gasteiger partial charge on any atom is 0.231 e. The van der Waals surface area contributed by atoms with E-state index in [0.29, 0.717) is 12.0 Å². The van der Waals surface area contributed by atoms with Crippen LogP contribution in [0.5, 0.6) is 0 Å². The molecule has 0 saturated heterocycles. The lowest BCUT2D eigenvalue weighted by atomic mass is 10.1. The number of hydrogen-bond acceptors (Lipinski definition) is 2. The van der Waals surface area contributed by atoms with Crippen molar-refractivity contribution in [1.82, 2.24) is 4.98 Å². The van der Waals surface area contributed by atoms with Crippen LogP contribution < -0.4 is 5.73 Å². The Balaban J connectivity index is 2.69. The van der Waals surface area contributed by atoms with E-state index in [1.807, 2.05) is 0 Å². The number of aromatic nitrogens is 1. The number of carbonyl (C=O) groups is 1. The minimum atomic E-state index is -0.476. The second-order valence-corrected chi connectivity index (χ2v) is 3.69. The Bertz CT molecular complexity index is 319. The van der Waals surface area contributed by atoms with Gasteiger partial charge in [-0.2, -0.15) is 0 Å². The predicted molar refractivity (Wildman–Crippen MR) is 49.8 cm³/mol. The second-order valence-electron chi connectivity index (χ2n) is 2.59. The van der Waals surface area contributed by atoms with Crippen molar-refractivity contribution in [2.24, 2.45) is 5.73 Å². The number of nitrogens with zero attached hydrogens (tertiary/aromatic N) is 1. The fraction of sp³-hybridized carbons (Fsp3) is 0.250. The molecule has 5 heteroatoms. The minimum absolute atomic E-state index is 0.347. The topological polar surface area (TPSA) is 56.0 Å². The van der Waals surface area contributed by atoms with Crippen LogP contribution in [0.2, 0.25) is 0 Å². The second kappa shape index (κ2) is 4.32. The van der Waals surface area contributed by atoms with Crippen LogP contribution in [0.25, 0.3) is 0 Å². The highest BCUT2D eigenvalue weighted by atomic mass is 79.9. The molecule has 0 aromatic carbocycles.